The van der Waals surface area contributed by atoms with Crippen molar-refractivity contribution in [2.75, 3.05) is 5.32 Å². The summed E-state index contributed by atoms with van der Waals surface area (Å²) in [5.41, 5.74) is 5.14. The van der Waals surface area contributed by atoms with Gasteiger partial charge in [-0.1, -0.05) is 17.7 Å². The van der Waals surface area contributed by atoms with Gasteiger partial charge in [-0.25, -0.2) is 4.98 Å². The molecule has 1 atom stereocenters. The number of nitrogens with zero attached hydrogens (tertiary/aromatic N) is 1. The van der Waals surface area contributed by atoms with Crippen molar-refractivity contribution in [2.24, 2.45) is 0 Å². The monoisotopic (exact) mass is 321 g/mol. The standard InChI is InChI=1S/C19H19N3O2/c1-11-2-5-13(6-3-11)20-16-7-4-12-8-17-15(9-14(12)16)19(24)22-18(10-23)21-17/h2-3,5-6,8-9,16,20,23H,4,7,10H2,1H3,(H,21,22,24). The van der Waals surface area contributed by atoms with E-state index in [9.17, 15) is 9.90 Å². The third-order valence-electron chi connectivity index (χ3n) is 4.64. The molecule has 1 unspecified atom stereocenters. The van der Waals surface area contributed by atoms with E-state index in [2.05, 4.69) is 46.5 Å². The summed E-state index contributed by atoms with van der Waals surface area (Å²) in [5, 5.41) is 13.3. The van der Waals surface area contributed by atoms with Crippen LogP contribution in [0.25, 0.3) is 10.9 Å². The molecule has 1 aliphatic carbocycles. The number of nitrogens with one attached hydrogen (secondary N) is 2. The van der Waals surface area contributed by atoms with E-state index in [0.717, 1.165) is 24.1 Å². The van der Waals surface area contributed by atoms with Crippen LogP contribution in [0.1, 0.15) is 35.0 Å². The summed E-state index contributed by atoms with van der Waals surface area (Å²) >= 11 is 0. The second-order valence-electron chi connectivity index (χ2n) is 6.34. The average Bonchev–Trinajstić information content (AvgIpc) is 2.97. The van der Waals surface area contributed by atoms with E-state index < -0.39 is 0 Å². The first kappa shape index (κ1) is 14.9. The molecule has 2 aromatic carbocycles. The van der Waals surface area contributed by atoms with Crippen LogP contribution in [0.2, 0.25) is 0 Å². The first-order valence-electron chi connectivity index (χ1n) is 8.14. The van der Waals surface area contributed by atoms with E-state index in [-0.39, 0.29) is 18.2 Å². The number of hydrogen-bond donors (Lipinski definition) is 3. The van der Waals surface area contributed by atoms with Crippen LogP contribution in [-0.4, -0.2) is 15.1 Å². The molecule has 0 bridgehead atoms. The highest BCUT2D eigenvalue weighted by atomic mass is 16.3. The molecule has 3 aromatic rings. The first-order chi connectivity index (χ1) is 11.6. The molecule has 0 amide bonds. The number of H-pyrrole nitrogens is 1. The van der Waals surface area contributed by atoms with Gasteiger partial charge in [0.25, 0.3) is 5.56 Å². The number of fused-ring (bicyclic) bond motifs is 2. The van der Waals surface area contributed by atoms with Crippen molar-refractivity contribution >= 4 is 16.6 Å². The van der Waals surface area contributed by atoms with Crippen LogP contribution in [0.5, 0.6) is 0 Å². The largest absolute Gasteiger partial charge is 0.388 e. The Morgan fingerprint density at radius 1 is 1.29 bits per heavy atom. The molecule has 122 valence electrons. The van der Waals surface area contributed by atoms with E-state index >= 15 is 0 Å². The first-order valence-corrected chi connectivity index (χ1v) is 8.14. The van der Waals surface area contributed by atoms with Gasteiger partial charge >= 0.3 is 0 Å². The van der Waals surface area contributed by atoms with Crippen molar-refractivity contribution < 1.29 is 5.11 Å². The minimum atomic E-state index is -0.264. The van der Waals surface area contributed by atoms with Gasteiger partial charge in [-0.15, -0.1) is 0 Å². The number of benzene rings is 2. The van der Waals surface area contributed by atoms with Gasteiger partial charge in [0, 0.05) is 5.69 Å². The Morgan fingerprint density at radius 3 is 2.83 bits per heavy atom. The molecule has 5 nitrogen and oxygen atoms in total. The Morgan fingerprint density at radius 2 is 2.08 bits per heavy atom. The van der Waals surface area contributed by atoms with E-state index in [1.807, 2.05) is 12.1 Å². The van der Waals surface area contributed by atoms with Crippen molar-refractivity contribution in [1.82, 2.24) is 9.97 Å². The van der Waals surface area contributed by atoms with Gasteiger partial charge in [0.1, 0.15) is 12.4 Å². The molecule has 1 heterocycles. The quantitative estimate of drug-likeness (QED) is 0.693. The summed E-state index contributed by atoms with van der Waals surface area (Å²) in [6, 6.07) is 12.5. The molecule has 3 N–H and O–H groups in total. The molecule has 0 radical (unpaired) electrons. The lowest BCUT2D eigenvalue weighted by Crippen LogP contribution is -2.13. The van der Waals surface area contributed by atoms with Crippen LogP contribution < -0.4 is 10.9 Å². The highest BCUT2D eigenvalue weighted by Gasteiger charge is 2.24. The Hall–Kier alpha value is -2.66. The fraction of sp³-hybridized carbons (Fsp3) is 0.263. The molecule has 1 aliphatic rings. The minimum Gasteiger partial charge on any atom is -0.388 e. The number of hydrogen-bond acceptors (Lipinski definition) is 4. The third-order valence-corrected chi connectivity index (χ3v) is 4.64. The number of aliphatic hydroxyl groups excluding tert-OH is 1. The van der Waals surface area contributed by atoms with Crippen LogP contribution in [0.15, 0.2) is 41.2 Å². The van der Waals surface area contributed by atoms with Gasteiger partial charge < -0.3 is 15.4 Å². The summed E-state index contributed by atoms with van der Waals surface area (Å²) in [6.45, 7) is 1.81. The van der Waals surface area contributed by atoms with E-state index in [1.54, 1.807) is 0 Å². The Bertz CT molecular complexity index is 961. The number of aryl methyl sites for hydroxylation is 2. The molecule has 4 rings (SSSR count). The Kier molecular flexibility index (Phi) is 3.58. The smallest absolute Gasteiger partial charge is 0.258 e. The maximum absolute atomic E-state index is 12.2. The van der Waals surface area contributed by atoms with Gasteiger partial charge in [0.2, 0.25) is 0 Å². The Labute approximate surface area is 139 Å². The minimum absolute atomic E-state index is 0.198. The summed E-state index contributed by atoms with van der Waals surface area (Å²) in [5.74, 6) is 0.305. The van der Waals surface area contributed by atoms with E-state index in [4.69, 9.17) is 0 Å². The van der Waals surface area contributed by atoms with Gasteiger partial charge in [0.15, 0.2) is 0 Å². The summed E-state index contributed by atoms with van der Waals surface area (Å²) in [6.07, 6.45) is 1.95. The van der Waals surface area contributed by atoms with Crippen LogP contribution in [0.3, 0.4) is 0 Å². The molecule has 0 fully saturated rings. The fourth-order valence-electron chi connectivity index (χ4n) is 3.37. The van der Waals surface area contributed by atoms with Crippen molar-refractivity contribution in [3.8, 4) is 0 Å². The van der Waals surface area contributed by atoms with Gasteiger partial charge in [0.05, 0.1) is 16.9 Å². The molecule has 0 saturated heterocycles. The summed E-state index contributed by atoms with van der Waals surface area (Å²) in [4.78, 5) is 19.2. The molecule has 5 heteroatoms. The maximum Gasteiger partial charge on any atom is 0.258 e. The fourth-order valence-corrected chi connectivity index (χ4v) is 3.37. The zero-order valence-corrected chi connectivity index (χ0v) is 13.5. The average molecular weight is 321 g/mol. The molecule has 24 heavy (non-hydrogen) atoms. The second-order valence-corrected chi connectivity index (χ2v) is 6.34. The summed E-state index contributed by atoms with van der Waals surface area (Å²) < 4.78 is 0. The third kappa shape index (κ3) is 2.57. The van der Waals surface area contributed by atoms with Crippen LogP contribution in [-0.2, 0) is 13.0 Å². The van der Waals surface area contributed by atoms with Crippen LogP contribution in [0, 0.1) is 6.92 Å². The van der Waals surface area contributed by atoms with E-state index in [1.165, 1.54) is 11.1 Å². The lowest BCUT2D eigenvalue weighted by atomic mass is 10.0. The predicted molar refractivity (Wildman–Crippen MR) is 94.2 cm³/mol. The molecule has 1 aromatic heterocycles. The molecule has 0 saturated carbocycles. The van der Waals surface area contributed by atoms with Crippen molar-refractivity contribution in [2.45, 2.75) is 32.4 Å². The van der Waals surface area contributed by atoms with Crippen LogP contribution >= 0.6 is 0 Å². The normalized spacial score (nSPS) is 16.3. The number of aromatic nitrogens is 2. The molecular formula is C19H19N3O2. The second kappa shape index (κ2) is 5.76. The number of anilines is 1. The number of aliphatic hydroxyl groups is 1. The van der Waals surface area contributed by atoms with Gasteiger partial charge in [-0.2, -0.15) is 0 Å². The van der Waals surface area contributed by atoms with Crippen LogP contribution in [0.4, 0.5) is 5.69 Å². The lowest BCUT2D eigenvalue weighted by Gasteiger charge is -2.16. The van der Waals surface area contributed by atoms with Crippen molar-refractivity contribution in [1.29, 1.82) is 0 Å². The predicted octanol–water partition coefficient (Wildman–Crippen LogP) is 2.82. The number of rotatable bonds is 3. The highest BCUT2D eigenvalue weighted by Crippen LogP contribution is 2.35. The number of aromatic amines is 1. The zero-order valence-electron chi connectivity index (χ0n) is 13.5. The molecule has 0 aliphatic heterocycles. The van der Waals surface area contributed by atoms with Crippen molar-refractivity contribution in [3.63, 3.8) is 0 Å². The summed E-state index contributed by atoms with van der Waals surface area (Å²) in [7, 11) is 0. The SMILES string of the molecule is Cc1ccc(NC2CCc3cc4nc(CO)[nH]c(=O)c4cc32)cc1. The molecule has 0 spiro atoms. The van der Waals surface area contributed by atoms with Crippen molar-refractivity contribution in [3.05, 3.63) is 69.3 Å². The van der Waals surface area contributed by atoms with Gasteiger partial charge in [-0.3, -0.25) is 4.79 Å². The zero-order chi connectivity index (χ0) is 16.7. The van der Waals surface area contributed by atoms with E-state index in [0.29, 0.717) is 16.7 Å². The maximum atomic E-state index is 12.2. The van der Waals surface area contributed by atoms with Gasteiger partial charge in [-0.05, 0) is 55.2 Å². The molecular weight excluding hydrogens is 302 g/mol. The highest BCUT2D eigenvalue weighted by molar-refractivity contribution is 5.80. The topological polar surface area (TPSA) is 78.0 Å². The Balaban J connectivity index is 1.73. The lowest BCUT2D eigenvalue weighted by molar-refractivity contribution is 0.271.